The number of rotatable bonds is 4. The van der Waals surface area contributed by atoms with Gasteiger partial charge in [-0.05, 0) is 55.7 Å². The van der Waals surface area contributed by atoms with Crippen molar-refractivity contribution in [2.75, 3.05) is 0 Å². The smallest absolute Gasteiger partial charge is 0.189 e. The second-order valence-corrected chi connectivity index (χ2v) is 7.16. The standard InChI is InChI=1S/C22H20N6O/c1-14-8-9-17(10-16(14)3)28-21-18(11-24-28)22-25-20(26-27(22)13-23-21)12-29-19-7-5-4-6-15(19)2/h4-11,13H,12H2,1-3H3. The monoisotopic (exact) mass is 384 g/mol. The third-order valence-corrected chi connectivity index (χ3v) is 5.13. The first-order valence-corrected chi connectivity index (χ1v) is 9.44. The highest BCUT2D eigenvalue weighted by Crippen LogP contribution is 2.22. The fourth-order valence-corrected chi connectivity index (χ4v) is 3.33. The van der Waals surface area contributed by atoms with Gasteiger partial charge in [0.25, 0.3) is 0 Å². The van der Waals surface area contributed by atoms with Crippen molar-refractivity contribution in [1.29, 1.82) is 0 Å². The Bertz CT molecular complexity index is 1350. The Balaban J connectivity index is 1.51. The van der Waals surface area contributed by atoms with Crippen LogP contribution in [0, 0.1) is 20.8 Å². The molecule has 0 atom stereocenters. The number of hydrogen-bond acceptors (Lipinski definition) is 5. The molecule has 0 amide bonds. The van der Waals surface area contributed by atoms with E-state index >= 15 is 0 Å². The van der Waals surface area contributed by atoms with E-state index in [9.17, 15) is 0 Å². The Morgan fingerprint density at radius 3 is 2.62 bits per heavy atom. The van der Waals surface area contributed by atoms with E-state index in [4.69, 9.17) is 4.74 Å². The Kier molecular flexibility index (Phi) is 4.01. The Hall–Kier alpha value is -3.74. The molecule has 3 aromatic heterocycles. The van der Waals surface area contributed by atoms with Crippen molar-refractivity contribution in [2.45, 2.75) is 27.4 Å². The molecule has 0 radical (unpaired) electrons. The van der Waals surface area contributed by atoms with Crippen LogP contribution in [0.3, 0.4) is 0 Å². The Morgan fingerprint density at radius 1 is 0.931 bits per heavy atom. The van der Waals surface area contributed by atoms with Gasteiger partial charge in [0.2, 0.25) is 0 Å². The fourth-order valence-electron chi connectivity index (χ4n) is 3.33. The number of ether oxygens (including phenoxy) is 1. The van der Waals surface area contributed by atoms with Crippen molar-refractivity contribution in [3.8, 4) is 11.4 Å². The first kappa shape index (κ1) is 17.4. The van der Waals surface area contributed by atoms with Gasteiger partial charge >= 0.3 is 0 Å². The summed E-state index contributed by atoms with van der Waals surface area (Å²) in [5.41, 5.74) is 5.98. The highest BCUT2D eigenvalue weighted by Gasteiger charge is 2.14. The molecular weight excluding hydrogens is 364 g/mol. The van der Waals surface area contributed by atoms with Gasteiger partial charge < -0.3 is 4.74 Å². The minimum atomic E-state index is 0.291. The second-order valence-electron chi connectivity index (χ2n) is 7.16. The Morgan fingerprint density at radius 2 is 1.79 bits per heavy atom. The summed E-state index contributed by atoms with van der Waals surface area (Å²) in [6.07, 6.45) is 3.45. The van der Waals surface area contributed by atoms with Crippen LogP contribution in [0.25, 0.3) is 22.4 Å². The van der Waals surface area contributed by atoms with Crippen molar-refractivity contribution in [3.63, 3.8) is 0 Å². The van der Waals surface area contributed by atoms with E-state index in [1.54, 1.807) is 17.0 Å². The first-order chi connectivity index (χ1) is 14.1. The fraction of sp³-hybridized carbons (Fsp3) is 0.182. The van der Waals surface area contributed by atoms with Crippen LogP contribution < -0.4 is 4.74 Å². The minimum Gasteiger partial charge on any atom is -0.485 e. The molecule has 144 valence electrons. The zero-order valence-electron chi connectivity index (χ0n) is 16.5. The lowest BCUT2D eigenvalue weighted by Gasteiger charge is -2.06. The van der Waals surface area contributed by atoms with Crippen LogP contribution in [-0.4, -0.2) is 29.4 Å². The van der Waals surface area contributed by atoms with Gasteiger partial charge in [0.05, 0.1) is 17.3 Å². The van der Waals surface area contributed by atoms with E-state index in [1.807, 2.05) is 41.9 Å². The summed E-state index contributed by atoms with van der Waals surface area (Å²) < 4.78 is 9.39. The van der Waals surface area contributed by atoms with E-state index in [-0.39, 0.29) is 0 Å². The summed E-state index contributed by atoms with van der Waals surface area (Å²) >= 11 is 0. The maximum atomic E-state index is 5.88. The molecule has 7 nitrogen and oxygen atoms in total. The van der Waals surface area contributed by atoms with Crippen molar-refractivity contribution in [2.24, 2.45) is 0 Å². The number of benzene rings is 2. The van der Waals surface area contributed by atoms with Gasteiger partial charge in [-0.3, -0.25) is 0 Å². The van der Waals surface area contributed by atoms with E-state index in [0.29, 0.717) is 18.1 Å². The van der Waals surface area contributed by atoms with Crippen molar-refractivity contribution < 1.29 is 4.74 Å². The molecule has 0 aliphatic rings. The van der Waals surface area contributed by atoms with Gasteiger partial charge in [0.1, 0.15) is 18.7 Å². The van der Waals surface area contributed by atoms with Gasteiger partial charge in [-0.15, -0.1) is 5.10 Å². The molecule has 5 rings (SSSR count). The van der Waals surface area contributed by atoms with E-state index < -0.39 is 0 Å². The van der Waals surface area contributed by atoms with Crippen molar-refractivity contribution in [1.82, 2.24) is 29.4 Å². The number of fused-ring (bicyclic) bond motifs is 3. The molecule has 0 aliphatic carbocycles. The van der Waals surface area contributed by atoms with Crippen LogP contribution in [0.5, 0.6) is 5.75 Å². The molecule has 0 spiro atoms. The lowest BCUT2D eigenvalue weighted by atomic mass is 10.1. The molecule has 0 fully saturated rings. The summed E-state index contributed by atoms with van der Waals surface area (Å²) in [5.74, 6) is 1.43. The van der Waals surface area contributed by atoms with Crippen LogP contribution in [0.4, 0.5) is 0 Å². The highest BCUT2D eigenvalue weighted by molar-refractivity contribution is 5.89. The molecular formula is C22H20N6O. The Labute approximate surface area is 167 Å². The lowest BCUT2D eigenvalue weighted by molar-refractivity contribution is 0.294. The zero-order chi connectivity index (χ0) is 20.0. The van der Waals surface area contributed by atoms with Gasteiger partial charge in [-0.25, -0.2) is 19.2 Å². The molecule has 0 aliphatic heterocycles. The van der Waals surface area contributed by atoms with Crippen LogP contribution in [0.1, 0.15) is 22.5 Å². The van der Waals surface area contributed by atoms with Gasteiger partial charge in [-0.1, -0.05) is 24.3 Å². The van der Waals surface area contributed by atoms with Gasteiger partial charge in [0, 0.05) is 0 Å². The first-order valence-electron chi connectivity index (χ1n) is 9.44. The average Bonchev–Trinajstić information content (AvgIpc) is 3.33. The summed E-state index contributed by atoms with van der Waals surface area (Å²) in [6.45, 7) is 6.49. The predicted octanol–water partition coefficient (Wildman–Crippen LogP) is 3.97. The molecule has 29 heavy (non-hydrogen) atoms. The molecule has 0 N–H and O–H groups in total. The largest absolute Gasteiger partial charge is 0.485 e. The summed E-state index contributed by atoms with van der Waals surface area (Å²) in [7, 11) is 0. The van der Waals surface area contributed by atoms with Crippen LogP contribution in [-0.2, 0) is 6.61 Å². The highest BCUT2D eigenvalue weighted by atomic mass is 16.5. The molecule has 0 saturated heterocycles. The van der Waals surface area contributed by atoms with E-state index in [0.717, 1.165) is 28.0 Å². The third-order valence-electron chi connectivity index (χ3n) is 5.13. The SMILES string of the molecule is Cc1ccc(-n2ncc3c2ncn2nc(COc4ccccc4C)nc32)cc1C. The average molecular weight is 384 g/mol. The maximum absolute atomic E-state index is 5.88. The number of para-hydroxylation sites is 1. The van der Waals surface area contributed by atoms with Crippen LogP contribution >= 0.6 is 0 Å². The molecule has 0 unspecified atom stereocenters. The zero-order valence-corrected chi connectivity index (χ0v) is 16.5. The van der Waals surface area contributed by atoms with E-state index in [1.165, 1.54) is 11.1 Å². The predicted molar refractivity (Wildman–Crippen MR) is 110 cm³/mol. The van der Waals surface area contributed by atoms with Gasteiger partial charge in [-0.2, -0.15) is 5.10 Å². The molecule has 0 saturated carbocycles. The van der Waals surface area contributed by atoms with Crippen LogP contribution in [0.15, 0.2) is 55.0 Å². The lowest BCUT2D eigenvalue weighted by Crippen LogP contribution is -2.00. The topological polar surface area (TPSA) is 70.1 Å². The summed E-state index contributed by atoms with van der Waals surface area (Å²) in [4.78, 5) is 9.22. The number of aromatic nitrogens is 6. The molecule has 7 heteroatoms. The third kappa shape index (κ3) is 3.00. The maximum Gasteiger partial charge on any atom is 0.189 e. The molecule has 5 aromatic rings. The summed E-state index contributed by atoms with van der Waals surface area (Å²) in [5, 5.41) is 9.89. The second kappa shape index (κ2) is 6.70. The van der Waals surface area contributed by atoms with Crippen molar-refractivity contribution >= 4 is 16.7 Å². The van der Waals surface area contributed by atoms with Gasteiger partial charge in [0.15, 0.2) is 17.1 Å². The molecule has 3 heterocycles. The van der Waals surface area contributed by atoms with Crippen molar-refractivity contribution in [3.05, 3.63) is 77.5 Å². The number of hydrogen-bond donors (Lipinski definition) is 0. The van der Waals surface area contributed by atoms with Crippen LogP contribution in [0.2, 0.25) is 0 Å². The molecule has 2 aromatic carbocycles. The molecule has 0 bridgehead atoms. The van der Waals surface area contributed by atoms with E-state index in [2.05, 4.69) is 46.1 Å². The number of nitrogens with zero attached hydrogens (tertiary/aromatic N) is 6. The normalized spacial score (nSPS) is 11.4. The number of aryl methyl sites for hydroxylation is 3. The summed E-state index contributed by atoms with van der Waals surface area (Å²) in [6, 6.07) is 14.1. The minimum absolute atomic E-state index is 0.291. The quantitative estimate of drug-likeness (QED) is 0.469.